The first-order valence-electron chi connectivity index (χ1n) is 8.33. The second-order valence-corrected chi connectivity index (χ2v) is 10.7. The van der Waals surface area contributed by atoms with Gasteiger partial charge < -0.3 is 4.90 Å². The van der Waals surface area contributed by atoms with Crippen LogP contribution in [0.2, 0.25) is 5.02 Å². The summed E-state index contributed by atoms with van der Waals surface area (Å²) in [5, 5.41) is 0.659. The molecule has 0 N–H and O–H groups in total. The number of carbonyl (C=O) groups is 1. The fraction of sp³-hybridized carbons (Fsp3) is 0.611. The van der Waals surface area contributed by atoms with Gasteiger partial charge in [0.05, 0.1) is 16.9 Å². The van der Waals surface area contributed by atoms with Gasteiger partial charge in [-0.15, -0.1) is 0 Å². The molecule has 1 aliphatic rings. The van der Waals surface area contributed by atoms with Crippen molar-refractivity contribution in [2.75, 3.05) is 18.8 Å². The van der Waals surface area contributed by atoms with Crippen LogP contribution in [-0.2, 0) is 21.1 Å². The number of hydrogen-bond acceptors (Lipinski definition) is 3. The van der Waals surface area contributed by atoms with E-state index in [9.17, 15) is 13.2 Å². The molecule has 4 nitrogen and oxygen atoms in total. The van der Waals surface area contributed by atoms with Gasteiger partial charge in [-0.05, 0) is 57.2 Å². The summed E-state index contributed by atoms with van der Waals surface area (Å²) >= 11 is 5.85. The molecule has 0 spiro atoms. The number of rotatable bonds is 4. The van der Waals surface area contributed by atoms with Crippen LogP contribution in [0.1, 0.15) is 39.2 Å². The number of sulfone groups is 1. The maximum Gasteiger partial charge on any atom is 0.226 e. The summed E-state index contributed by atoms with van der Waals surface area (Å²) in [6.07, 6.45) is 1.87. The van der Waals surface area contributed by atoms with Crippen molar-refractivity contribution < 1.29 is 13.2 Å². The Kier molecular flexibility index (Phi) is 5.97. The van der Waals surface area contributed by atoms with E-state index < -0.39 is 14.6 Å². The third-order valence-electron chi connectivity index (χ3n) is 4.62. The van der Waals surface area contributed by atoms with Gasteiger partial charge >= 0.3 is 0 Å². The van der Waals surface area contributed by atoms with Gasteiger partial charge in [-0.25, -0.2) is 8.42 Å². The van der Waals surface area contributed by atoms with Crippen molar-refractivity contribution >= 4 is 27.3 Å². The molecule has 1 saturated heterocycles. The van der Waals surface area contributed by atoms with Crippen molar-refractivity contribution in [1.82, 2.24) is 4.90 Å². The lowest BCUT2D eigenvalue weighted by Gasteiger charge is -2.33. The topological polar surface area (TPSA) is 54.5 Å². The fourth-order valence-electron chi connectivity index (χ4n) is 2.80. The quantitative estimate of drug-likeness (QED) is 0.815. The number of carbonyl (C=O) groups excluding carboxylic acids is 1. The fourth-order valence-corrected chi connectivity index (χ4v) is 4.38. The number of halogens is 1. The first-order valence-corrected chi connectivity index (χ1v) is 10.4. The normalized spacial score (nSPS) is 17.1. The van der Waals surface area contributed by atoms with Gasteiger partial charge in [0.2, 0.25) is 5.91 Å². The zero-order valence-corrected chi connectivity index (χ0v) is 16.2. The van der Waals surface area contributed by atoms with Crippen LogP contribution in [-0.4, -0.2) is 42.8 Å². The second kappa shape index (κ2) is 7.44. The summed E-state index contributed by atoms with van der Waals surface area (Å²) < 4.78 is 23.9. The minimum atomic E-state index is -3.10. The molecule has 6 heteroatoms. The zero-order valence-electron chi connectivity index (χ0n) is 14.6. The number of hydrogen-bond donors (Lipinski definition) is 0. The van der Waals surface area contributed by atoms with Gasteiger partial charge in [-0.1, -0.05) is 23.7 Å². The lowest BCUT2D eigenvalue weighted by Crippen LogP contribution is -2.42. The third-order valence-corrected chi connectivity index (χ3v) is 7.65. The summed E-state index contributed by atoms with van der Waals surface area (Å²) in [7, 11) is -3.10. The highest BCUT2D eigenvalue weighted by atomic mass is 35.5. The second-order valence-electron chi connectivity index (χ2n) is 7.52. The van der Waals surface area contributed by atoms with E-state index in [4.69, 9.17) is 11.6 Å². The Morgan fingerprint density at radius 2 is 1.71 bits per heavy atom. The average molecular weight is 372 g/mol. The van der Waals surface area contributed by atoms with Crippen LogP contribution in [0.15, 0.2) is 24.3 Å². The molecule has 0 unspecified atom stereocenters. The molecule has 2 rings (SSSR count). The third kappa shape index (κ3) is 4.96. The lowest BCUT2D eigenvalue weighted by atomic mass is 9.98. The Morgan fingerprint density at radius 3 is 2.21 bits per heavy atom. The van der Waals surface area contributed by atoms with Crippen molar-refractivity contribution in [3.63, 3.8) is 0 Å². The summed E-state index contributed by atoms with van der Waals surface area (Å²) in [5.74, 6) is 0.457. The molecule has 0 aliphatic carbocycles. The lowest BCUT2D eigenvalue weighted by molar-refractivity contribution is -0.131. The number of nitrogens with zero attached hydrogens (tertiary/aromatic N) is 1. The van der Waals surface area contributed by atoms with Crippen molar-refractivity contribution in [2.24, 2.45) is 5.92 Å². The van der Waals surface area contributed by atoms with Crippen LogP contribution >= 0.6 is 11.6 Å². The molecule has 0 radical (unpaired) electrons. The summed E-state index contributed by atoms with van der Waals surface area (Å²) in [4.78, 5) is 14.2. The number of benzene rings is 1. The Labute approximate surface area is 150 Å². The van der Waals surface area contributed by atoms with E-state index in [0.29, 0.717) is 24.5 Å². The molecule has 1 fully saturated rings. The van der Waals surface area contributed by atoms with Crippen LogP contribution < -0.4 is 0 Å². The van der Waals surface area contributed by atoms with Gasteiger partial charge in [0.15, 0.2) is 9.84 Å². The predicted octanol–water partition coefficient (Wildman–Crippen LogP) is 3.33. The smallest absolute Gasteiger partial charge is 0.226 e. The maximum absolute atomic E-state index is 12.4. The minimum absolute atomic E-state index is 0.0921. The van der Waals surface area contributed by atoms with Crippen molar-refractivity contribution in [3.05, 3.63) is 34.9 Å². The molecule has 134 valence electrons. The molecule has 24 heavy (non-hydrogen) atoms. The monoisotopic (exact) mass is 371 g/mol. The van der Waals surface area contributed by atoms with Crippen molar-refractivity contribution in [3.8, 4) is 0 Å². The molecule has 1 aromatic rings. The molecule has 0 aromatic heterocycles. The first-order chi connectivity index (χ1) is 11.1. The van der Waals surface area contributed by atoms with E-state index >= 15 is 0 Å². The van der Waals surface area contributed by atoms with E-state index in [2.05, 4.69) is 0 Å². The largest absolute Gasteiger partial charge is 0.342 e. The highest BCUT2D eigenvalue weighted by Crippen LogP contribution is 2.25. The minimum Gasteiger partial charge on any atom is -0.342 e. The summed E-state index contributed by atoms with van der Waals surface area (Å²) in [6, 6.07) is 7.30. The molecule has 0 saturated carbocycles. The molecule has 0 atom stereocenters. The van der Waals surface area contributed by atoms with Crippen LogP contribution in [0.4, 0.5) is 0 Å². The Bertz CT molecular complexity index is 669. The van der Waals surface area contributed by atoms with Gasteiger partial charge in [-0.3, -0.25) is 4.79 Å². The molecule has 1 aromatic carbocycles. The highest BCUT2D eigenvalue weighted by molar-refractivity contribution is 7.92. The molecule has 1 amide bonds. The van der Waals surface area contributed by atoms with E-state index in [-0.39, 0.29) is 17.6 Å². The Morgan fingerprint density at radius 1 is 1.17 bits per heavy atom. The highest BCUT2D eigenvalue weighted by Gasteiger charge is 2.33. The van der Waals surface area contributed by atoms with Crippen LogP contribution in [0.25, 0.3) is 0 Å². The Balaban J connectivity index is 1.86. The molecular weight excluding hydrogens is 346 g/mol. The van der Waals surface area contributed by atoms with Gasteiger partial charge in [0.25, 0.3) is 0 Å². The van der Waals surface area contributed by atoms with Crippen LogP contribution in [0, 0.1) is 5.92 Å². The van der Waals surface area contributed by atoms with Crippen LogP contribution in [0.3, 0.4) is 0 Å². The summed E-state index contributed by atoms with van der Waals surface area (Å²) in [6.45, 7) is 6.50. The number of amides is 1. The summed E-state index contributed by atoms with van der Waals surface area (Å²) in [5.41, 5.74) is 0.946. The van der Waals surface area contributed by atoms with Crippen molar-refractivity contribution in [1.29, 1.82) is 0 Å². The van der Waals surface area contributed by atoms with Gasteiger partial charge in [0.1, 0.15) is 0 Å². The van der Waals surface area contributed by atoms with E-state index in [1.54, 1.807) is 32.9 Å². The van der Waals surface area contributed by atoms with E-state index in [0.717, 1.165) is 18.4 Å². The number of likely N-dealkylation sites (tertiary alicyclic amines) is 1. The van der Waals surface area contributed by atoms with Crippen LogP contribution in [0.5, 0.6) is 0 Å². The van der Waals surface area contributed by atoms with Gasteiger partial charge in [-0.2, -0.15) is 0 Å². The van der Waals surface area contributed by atoms with E-state index in [1.165, 1.54) is 0 Å². The SMILES string of the molecule is CC(C)(C)S(=O)(=O)CC1CCN(C(=O)Cc2ccc(Cl)cc2)CC1. The molecule has 0 bridgehead atoms. The number of piperidine rings is 1. The van der Waals surface area contributed by atoms with E-state index in [1.807, 2.05) is 17.0 Å². The first kappa shape index (κ1) is 19.3. The Hall–Kier alpha value is -1.07. The van der Waals surface area contributed by atoms with Gasteiger partial charge in [0, 0.05) is 18.1 Å². The maximum atomic E-state index is 12.4. The zero-order chi connectivity index (χ0) is 18.0. The predicted molar refractivity (Wildman–Crippen MR) is 98.0 cm³/mol. The standard InChI is InChI=1S/C18H26ClNO3S/c1-18(2,3)24(22,23)13-15-8-10-20(11-9-15)17(21)12-14-4-6-16(19)7-5-14/h4-7,15H,8-13H2,1-3H3. The molecule has 1 aliphatic heterocycles. The average Bonchev–Trinajstić information content (AvgIpc) is 2.49. The van der Waals surface area contributed by atoms with Crippen molar-refractivity contribution in [2.45, 2.75) is 44.8 Å². The molecule has 1 heterocycles. The molecular formula is C18H26ClNO3S.